The van der Waals surface area contributed by atoms with Crippen LogP contribution in [-0.4, -0.2) is 29.7 Å². The van der Waals surface area contributed by atoms with Gasteiger partial charge in [0.2, 0.25) is 0 Å². The molecule has 7 aromatic carbocycles. The summed E-state index contributed by atoms with van der Waals surface area (Å²) in [6.07, 6.45) is 0.950. The van der Waals surface area contributed by atoms with Gasteiger partial charge in [-0.3, -0.25) is 5.41 Å². The minimum Gasteiger partial charge on any atom is -0.356 e. The van der Waals surface area contributed by atoms with Gasteiger partial charge in [-0.15, -0.1) is 0 Å². The van der Waals surface area contributed by atoms with Crippen LogP contribution in [-0.2, 0) is 5.41 Å². The Labute approximate surface area is 312 Å². The summed E-state index contributed by atoms with van der Waals surface area (Å²) in [4.78, 5) is 7.51. The average Bonchev–Trinajstić information content (AvgIpc) is 3.69. The Balaban J connectivity index is 1.24. The van der Waals surface area contributed by atoms with Gasteiger partial charge < -0.3 is 4.90 Å². The normalized spacial score (nSPS) is 13.9. The second kappa shape index (κ2) is 13.0. The summed E-state index contributed by atoms with van der Waals surface area (Å²) >= 11 is 0. The number of benzene rings is 7. The van der Waals surface area contributed by atoms with Crippen LogP contribution in [0.3, 0.4) is 0 Å². The van der Waals surface area contributed by atoms with Gasteiger partial charge in [-0.25, -0.2) is 4.99 Å². The summed E-state index contributed by atoms with van der Waals surface area (Å²) in [5.41, 5.74) is 16.0. The number of aliphatic imine (C=N–C) groups is 1. The molecule has 2 aliphatic carbocycles. The second-order valence-electron chi connectivity index (χ2n) is 14.3. The summed E-state index contributed by atoms with van der Waals surface area (Å²) in [5.74, 6) is 1.03. The van der Waals surface area contributed by atoms with Gasteiger partial charge in [0.1, 0.15) is 5.84 Å². The Hall–Kier alpha value is -6.32. The highest BCUT2D eigenvalue weighted by Gasteiger charge is 2.51. The number of hydrogen-bond donors (Lipinski definition) is 1. The molecule has 0 saturated carbocycles. The van der Waals surface area contributed by atoms with Gasteiger partial charge in [-0.1, -0.05) is 153 Å². The monoisotopic (exact) mass is 683 g/mol. The SMILES string of the molecule is CCC(C)N(C)C(=NC(=N)c1cc(-c2ccccc2)cc(-c2ccccc2)c1)c1ccc2c(c1)C1(c3ccccc3-c3ccccc31)c1ccccc1-2. The van der Waals surface area contributed by atoms with Crippen LogP contribution in [0.5, 0.6) is 0 Å². The molecule has 0 fully saturated rings. The Morgan fingerprint density at radius 3 is 1.47 bits per heavy atom. The second-order valence-corrected chi connectivity index (χ2v) is 14.3. The van der Waals surface area contributed by atoms with Crippen molar-refractivity contribution in [3.63, 3.8) is 0 Å². The topological polar surface area (TPSA) is 39.5 Å². The first-order valence-corrected chi connectivity index (χ1v) is 18.6. The number of nitrogens with zero attached hydrogens (tertiary/aromatic N) is 2. The molecule has 1 N–H and O–H groups in total. The zero-order valence-corrected chi connectivity index (χ0v) is 30.3. The Bertz CT molecular complexity index is 2430. The fourth-order valence-electron chi connectivity index (χ4n) is 8.59. The van der Waals surface area contributed by atoms with E-state index in [9.17, 15) is 5.41 Å². The zero-order valence-electron chi connectivity index (χ0n) is 30.3. The number of hydrogen-bond acceptors (Lipinski definition) is 1. The summed E-state index contributed by atoms with van der Waals surface area (Å²) in [7, 11) is 2.12. The van der Waals surface area contributed by atoms with Crippen molar-refractivity contribution in [2.45, 2.75) is 31.7 Å². The minimum atomic E-state index is -0.447. The van der Waals surface area contributed by atoms with E-state index >= 15 is 0 Å². The minimum absolute atomic E-state index is 0.212. The van der Waals surface area contributed by atoms with E-state index in [2.05, 4.69) is 184 Å². The molecule has 0 amide bonds. The molecule has 0 radical (unpaired) electrons. The van der Waals surface area contributed by atoms with E-state index in [-0.39, 0.29) is 11.9 Å². The first-order chi connectivity index (χ1) is 26.0. The van der Waals surface area contributed by atoms with Gasteiger partial charge in [0, 0.05) is 24.2 Å². The van der Waals surface area contributed by atoms with E-state index in [0.29, 0.717) is 0 Å². The predicted molar refractivity (Wildman–Crippen MR) is 221 cm³/mol. The molecule has 1 atom stereocenters. The van der Waals surface area contributed by atoms with Crippen LogP contribution in [0.1, 0.15) is 53.6 Å². The van der Waals surface area contributed by atoms with Crippen molar-refractivity contribution < 1.29 is 0 Å². The van der Waals surface area contributed by atoms with Crippen LogP contribution in [0, 0.1) is 5.41 Å². The maximum atomic E-state index is 9.62. The van der Waals surface area contributed by atoms with Crippen LogP contribution < -0.4 is 0 Å². The van der Waals surface area contributed by atoms with Gasteiger partial charge in [0.05, 0.1) is 5.41 Å². The van der Waals surface area contributed by atoms with E-state index in [1.54, 1.807) is 0 Å². The standard InChI is InChI=1S/C50H41N3/c1-4-33(2)53(3)49(52-48(51)39-30-37(34-17-7-5-8-18-34)29-38(31-39)35-19-9-6-10-20-35)36-27-28-43-42-23-13-16-26-46(42)50(47(43)32-36)44-24-14-11-21-40(44)41-22-12-15-25-45(41)50/h5-33,51H,4H2,1-3H3. The third-order valence-corrected chi connectivity index (χ3v) is 11.5. The smallest absolute Gasteiger partial charge is 0.154 e. The summed E-state index contributed by atoms with van der Waals surface area (Å²) in [6.45, 7) is 4.44. The van der Waals surface area contributed by atoms with Crippen LogP contribution in [0.25, 0.3) is 44.5 Å². The fraction of sp³-hybridized carbons (Fsp3) is 0.120. The van der Waals surface area contributed by atoms with Crippen molar-refractivity contribution in [1.82, 2.24) is 4.90 Å². The lowest BCUT2D eigenvalue weighted by atomic mass is 9.70. The molecule has 0 bridgehead atoms. The zero-order chi connectivity index (χ0) is 36.1. The van der Waals surface area contributed by atoms with Gasteiger partial charge in [-0.05, 0) is 104 Å². The van der Waals surface area contributed by atoms with Crippen molar-refractivity contribution in [3.8, 4) is 44.5 Å². The van der Waals surface area contributed by atoms with Crippen LogP contribution >= 0.6 is 0 Å². The largest absolute Gasteiger partial charge is 0.356 e. The average molecular weight is 684 g/mol. The van der Waals surface area contributed by atoms with Crippen LogP contribution in [0.4, 0.5) is 0 Å². The molecule has 0 aromatic heterocycles. The lowest BCUT2D eigenvalue weighted by molar-refractivity contribution is 0.381. The first-order valence-electron chi connectivity index (χ1n) is 18.6. The molecule has 1 unspecified atom stereocenters. The summed E-state index contributed by atoms with van der Waals surface area (Å²) in [6, 6.07) is 61.1. The van der Waals surface area contributed by atoms with E-state index in [1.165, 1.54) is 44.5 Å². The van der Waals surface area contributed by atoms with Gasteiger partial charge >= 0.3 is 0 Å². The number of rotatable bonds is 6. The van der Waals surface area contributed by atoms with E-state index in [1.807, 2.05) is 12.1 Å². The quantitative estimate of drug-likeness (QED) is 0.137. The molecule has 0 aliphatic heterocycles. The van der Waals surface area contributed by atoms with E-state index in [0.717, 1.165) is 45.6 Å². The van der Waals surface area contributed by atoms with E-state index in [4.69, 9.17) is 4.99 Å². The van der Waals surface area contributed by atoms with Crippen molar-refractivity contribution in [2.75, 3.05) is 7.05 Å². The summed E-state index contributed by atoms with van der Waals surface area (Å²) in [5, 5.41) is 9.62. The highest BCUT2D eigenvalue weighted by Crippen LogP contribution is 2.62. The number of fused-ring (bicyclic) bond motifs is 10. The number of amidine groups is 2. The summed E-state index contributed by atoms with van der Waals surface area (Å²) < 4.78 is 0. The van der Waals surface area contributed by atoms with Gasteiger partial charge in [0.15, 0.2) is 5.84 Å². The number of nitrogens with one attached hydrogen (secondary N) is 1. The van der Waals surface area contributed by atoms with Crippen molar-refractivity contribution in [3.05, 3.63) is 203 Å². The molecule has 0 saturated heterocycles. The predicted octanol–water partition coefficient (Wildman–Crippen LogP) is 11.9. The molecule has 2 aliphatic rings. The van der Waals surface area contributed by atoms with Crippen molar-refractivity contribution in [1.29, 1.82) is 5.41 Å². The molecule has 9 rings (SSSR count). The van der Waals surface area contributed by atoms with Crippen LogP contribution in [0.15, 0.2) is 175 Å². The maximum Gasteiger partial charge on any atom is 0.154 e. The molecule has 0 heterocycles. The van der Waals surface area contributed by atoms with Gasteiger partial charge in [-0.2, -0.15) is 0 Å². The molecule has 7 aromatic rings. The highest BCUT2D eigenvalue weighted by molar-refractivity contribution is 6.12. The Morgan fingerprint density at radius 2 is 0.981 bits per heavy atom. The third-order valence-electron chi connectivity index (χ3n) is 11.5. The highest BCUT2D eigenvalue weighted by atomic mass is 15.2. The first kappa shape index (κ1) is 32.6. The molecule has 53 heavy (non-hydrogen) atoms. The Kier molecular flexibility index (Phi) is 8.00. The lowest BCUT2D eigenvalue weighted by Crippen LogP contribution is -2.36. The lowest BCUT2D eigenvalue weighted by Gasteiger charge is -2.32. The van der Waals surface area contributed by atoms with Crippen molar-refractivity contribution >= 4 is 11.7 Å². The molecular formula is C50H41N3. The Morgan fingerprint density at radius 1 is 0.528 bits per heavy atom. The molecular weight excluding hydrogens is 643 g/mol. The van der Waals surface area contributed by atoms with E-state index < -0.39 is 5.41 Å². The van der Waals surface area contributed by atoms with Crippen LogP contribution in [0.2, 0.25) is 0 Å². The molecule has 3 nitrogen and oxygen atoms in total. The molecule has 256 valence electrons. The molecule has 3 heteroatoms. The molecule has 1 spiro atoms. The van der Waals surface area contributed by atoms with Crippen molar-refractivity contribution in [2.24, 2.45) is 4.99 Å². The maximum absolute atomic E-state index is 9.62. The fourth-order valence-corrected chi connectivity index (χ4v) is 8.59. The third kappa shape index (κ3) is 5.18. The van der Waals surface area contributed by atoms with Gasteiger partial charge in [0.25, 0.3) is 0 Å².